The Bertz CT molecular complexity index is 1450. The highest BCUT2D eigenvalue weighted by atomic mass is 16.5. The molecule has 4 aromatic carbocycles. The number of methoxy groups -OCH3 is 2. The molecule has 3 atom stereocenters. The largest absolute Gasteiger partial charge is 0.497 e. The Morgan fingerprint density at radius 3 is 1.95 bits per heavy atom. The standard InChI is InChI=1S/C36H37NO4/c1-40-29-19-17-26(18-20-29)23-34(38)37-24-31-32(25-37)36(39,30-15-9-10-16-33(30)41-2)22-21-35(31,27-11-5-3-6-12-27)28-13-7-4-8-14-28/h3-20,31-32,39H,21-25H2,1-2H3/t31-,32+,36+/m0/s1. The van der Waals surface area contributed by atoms with Crippen molar-refractivity contribution in [1.82, 2.24) is 4.90 Å². The summed E-state index contributed by atoms with van der Waals surface area (Å²) in [6.07, 6.45) is 1.61. The van der Waals surface area contributed by atoms with Crippen LogP contribution in [0, 0.1) is 11.8 Å². The van der Waals surface area contributed by atoms with Crippen molar-refractivity contribution in [3.8, 4) is 11.5 Å². The van der Waals surface area contributed by atoms with Gasteiger partial charge in [0, 0.05) is 30.0 Å². The molecule has 4 aromatic rings. The minimum atomic E-state index is -1.14. The van der Waals surface area contributed by atoms with Gasteiger partial charge >= 0.3 is 0 Å². The van der Waals surface area contributed by atoms with Gasteiger partial charge in [0.15, 0.2) is 0 Å². The number of rotatable bonds is 7. The Hall–Kier alpha value is -4.09. The van der Waals surface area contributed by atoms with Crippen LogP contribution in [0.5, 0.6) is 11.5 Å². The molecule has 5 nitrogen and oxygen atoms in total. The van der Waals surface area contributed by atoms with Crippen molar-refractivity contribution in [2.75, 3.05) is 27.3 Å². The van der Waals surface area contributed by atoms with E-state index in [2.05, 4.69) is 48.5 Å². The van der Waals surface area contributed by atoms with Crippen LogP contribution in [-0.4, -0.2) is 43.2 Å². The van der Waals surface area contributed by atoms with Gasteiger partial charge < -0.3 is 19.5 Å². The zero-order valence-electron chi connectivity index (χ0n) is 23.7. The molecule has 1 aliphatic carbocycles. The maximum Gasteiger partial charge on any atom is 0.227 e. The molecule has 1 amide bonds. The van der Waals surface area contributed by atoms with Crippen molar-refractivity contribution in [3.05, 3.63) is 131 Å². The zero-order valence-corrected chi connectivity index (χ0v) is 23.7. The normalized spacial score (nSPS) is 23.0. The number of likely N-dealkylation sites (tertiary alicyclic amines) is 1. The minimum Gasteiger partial charge on any atom is -0.497 e. The van der Waals surface area contributed by atoms with Crippen LogP contribution >= 0.6 is 0 Å². The van der Waals surface area contributed by atoms with Gasteiger partial charge in [-0.15, -0.1) is 0 Å². The molecule has 41 heavy (non-hydrogen) atoms. The maximum atomic E-state index is 13.9. The van der Waals surface area contributed by atoms with Crippen LogP contribution in [0.15, 0.2) is 109 Å². The molecular formula is C36H37NO4. The summed E-state index contributed by atoms with van der Waals surface area (Å²) in [4.78, 5) is 15.8. The monoisotopic (exact) mass is 547 g/mol. The molecule has 1 heterocycles. The maximum absolute atomic E-state index is 13.9. The van der Waals surface area contributed by atoms with E-state index < -0.39 is 5.60 Å². The fraction of sp³-hybridized carbons (Fsp3) is 0.306. The van der Waals surface area contributed by atoms with Gasteiger partial charge in [-0.25, -0.2) is 0 Å². The number of aliphatic hydroxyl groups is 1. The average molecular weight is 548 g/mol. The van der Waals surface area contributed by atoms with Gasteiger partial charge in [-0.2, -0.15) is 0 Å². The van der Waals surface area contributed by atoms with Gasteiger partial charge in [0.2, 0.25) is 5.91 Å². The van der Waals surface area contributed by atoms with E-state index >= 15 is 0 Å². The fourth-order valence-corrected chi connectivity index (χ4v) is 7.47. The molecule has 0 spiro atoms. The number of hydrogen-bond donors (Lipinski definition) is 1. The number of para-hydroxylation sites is 1. The number of hydrogen-bond acceptors (Lipinski definition) is 4. The van der Waals surface area contributed by atoms with Crippen LogP contribution in [-0.2, 0) is 22.2 Å². The summed E-state index contributed by atoms with van der Waals surface area (Å²) in [6, 6.07) is 36.8. The summed E-state index contributed by atoms with van der Waals surface area (Å²) in [5.41, 5.74) is 2.72. The molecule has 5 heteroatoms. The number of benzene rings is 4. The highest BCUT2D eigenvalue weighted by molar-refractivity contribution is 5.79. The Labute approximate surface area is 242 Å². The quantitative estimate of drug-likeness (QED) is 0.309. The lowest BCUT2D eigenvalue weighted by Gasteiger charge is -2.53. The molecule has 0 radical (unpaired) electrons. The van der Waals surface area contributed by atoms with Crippen molar-refractivity contribution in [3.63, 3.8) is 0 Å². The fourth-order valence-electron chi connectivity index (χ4n) is 7.47. The Balaban J connectivity index is 1.44. The topological polar surface area (TPSA) is 59.0 Å². The van der Waals surface area contributed by atoms with Crippen molar-refractivity contribution in [1.29, 1.82) is 0 Å². The molecule has 2 fully saturated rings. The molecule has 0 bridgehead atoms. The van der Waals surface area contributed by atoms with E-state index in [1.165, 1.54) is 11.1 Å². The third-order valence-corrected chi connectivity index (χ3v) is 9.49. The lowest BCUT2D eigenvalue weighted by atomic mass is 9.52. The van der Waals surface area contributed by atoms with E-state index in [0.717, 1.165) is 23.3 Å². The molecular weight excluding hydrogens is 510 g/mol. The van der Waals surface area contributed by atoms with Crippen LogP contribution in [0.3, 0.4) is 0 Å². The second-order valence-corrected chi connectivity index (χ2v) is 11.4. The van der Waals surface area contributed by atoms with Gasteiger partial charge in [-0.05, 0) is 53.6 Å². The first-order chi connectivity index (χ1) is 20.0. The second-order valence-electron chi connectivity index (χ2n) is 11.4. The highest BCUT2D eigenvalue weighted by Crippen LogP contribution is 2.60. The van der Waals surface area contributed by atoms with E-state index in [1.54, 1.807) is 14.2 Å². The van der Waals surface area contributed by atoms with E-state index in [-0.39, 0.29) is 23.2 Å². The predicted octanol–water partition coefficient (Wildman–Crippen LogP) is 5.99. The predicted molar refractivity (Wildman–Crippen MR) is 160 cm³/mol. The van der Waals surface area contributed by atoms with Crippen molar-refractivity contribution >= 4 is 5.91 Å². The molecule has 6 rings (SSSR count). The molecule has 1 N–H and O–H groups in total. The summed E-state index contributed by atoms with van der Waals surface area (Å²) < 4.78 is 11.1. The molecule has 1 saturated carbocycles. The van der Waals surface area contributed by atoms with Crippen LogP contribution in [0.4, 0.5) is 0 Å². The van der Waals surface area contributed by atoms with Crippen LogP contribution in [0.2, 0.25) is 0 Å². The molecule has 210 valence electrons. The van der Waals surface area contributed by atoms with E-state index in [9.17, 15) is 9.90 Å². The number of fused-ring (bicyclic) bond motifs is 1. The number of carbonyl (C=O) groups is 1. The summed E-state index contributed by atoms with van der Waals surface area (Å²) in [6.45, 7) is 1.05. The van der Waals surface area contributed by atoms with Crippen molar-refractivity contribution in [2.45, 2.75) is 30.3 Å². The molecule has 1 aliphatic heterocycles. The Morgan fingerprint density at radius 1 is 0.756 bits per heavy atom. The summed E-state index contributed by atoms with van der Waals surface area (Å²) in [5.74, 6) is 1.33. The SMILES string of the molecule is COc1ccc(CC(=O)N2C[C@@H]3[C@H](C2)C(c2ccccc2)(c2ccccc2)CC[C@@]3(O)c2ccccc2OC)cc1. The second kappa shape index (κ2) is 11.1. The molecule has 0 unspecified atom stereocenters. The lowest BCUT2D eigenvalue weighted by molar-refractivity contribution is -0.130. The van der Waals surface area contributed by atoms with Crippen LogP contribution in [0.1, 0.15) is 35.1 Å². The summed E-state index contributed by atoms with van der Waals surface area (Å²) >= 11 is 0. The van der Waals surface area contributed by atoms with Crippen LogP contribution < -0.4 is 9.47 Å². The Kier molecular flexibility index (Phi) is 7.31. The van der Waals surface area contributed by atoms with Gasteiger partial charge in [0.1, 0.15) is 11.5 Å². The van der Waals surface area contributed by atoms with Crippen LogP contribution in [0.25, 0.3) is 0 Å². The van der Waals surface area contributed by atoms with E-state index in [0.29, 0.717) is 31.7 Å². The molecule has 0 aromatic heterocycles. The van der Waals surface area contributed by atoms with Gasteiger partial charge in [0.05, 0.1) is 26.2 Å². The number of amides is 1. The average Bonchev–Trinajstić information content (AvgIpc) is 3.50. The van der Waals surface area contributed by atoms with E-state index in [1.807, 2.05) is 65.6 Å². The minimum absolute atomic E-state index is 0.00391. The highest BCUT2D eigenvalue weighted by Gasteiger charge is 2.61. The summed E-state index contributed by atoms with van der Waals surface area (Å²) in [5, 5.41) is 12.7. The van der Waals surface area contributed by atoms with Crippen molar-refractivity contribution in [2.24, 2.45) is 11.8 Å². The van der Waals surface area contributed by atoms with Gasteiger partial charge in [0.25, 0.3) is 0 Å². The van der Waals surface area contributed by atoms with Gasteiger partial charge in [-0.3, -0.25) is 4.79 Å². The number of ether oxygens (including phenoxy) is 2. The molecule has 2 aliphatic rings. The molecule has 1 saturated heterocycles. The third-order valence-electron chi connectivity index (χ3n) is 9.49. The number of carbonyl (C=O) groups excluding carboxylic acids is 1. The zero-order chi connectivity index (χ0) is 28.5. The first-order valence-corrected chi connectivity index (χ1v) is 14.4. The lowest BCUT2D eigenvalue weighted by Crippen LogP contribution is -2.53. The van der Waals surface area contributed by atoms with Gasteiger partial charge in [-0.1, -0.05) is 91.0 Å². The smallest absolute Gasteiger partial charge is 0.227 e. The first kappa shape index (κ1) is 27.1. The van der Waals surface area contributed by atoms with E-state index in [4.69, 9.17) is 9.47 Å². The van der Waals surface area contributed by atoms with Crippen molar-refractivity contribution < 1.29 is 19.4 Å². The first-order valence-electron chi connectivity index (χ1n) is 14.4. The summed E-state index contributed by atoms with van der Waals surface area (Å²) in [7, 11) is 3.29. The number of nitrogens with zero attached hydrogens (tertiary/aromatic N) is 1. The Morgan fingerprint density at radius 2 is 1.34 bits per heavy atom. The third kappa shape index (κ3) is 4.68.